The highest BCUT2D eigenvalue weighted by Gasteiger charge is 2.29. The lowest BCUT2D eigenvalue weighted by atomic mass is 9.76. The Morgan fingerprint density at radius 3 is 2.47 bits per heavy atom. The van der Waals surface area contributed by atoms with Gasteiger partial charge < -0.3 is 4.42 Å². The van der Waals surface area contributed by atoms with Crippen LogP contribution in [0.4, 0.5) is 0 Å². The van der Waals surface area contributed by atoms with Crippen molar-refractivity contribution in [1.82, 2.24) is 0 Å². The fourth-order valence-electron chi connectivity index (χ4n) is 2.23. The first kappa shape index (κ1) is 12.4. The Morgan fingerprint density at radius 2 is 1.94 bits per heavy atom. The predicted octanol–water partition coefficient (Wildman–Crippen LogP) is 4.57. The zero-order chi connectivity index (χ0) is 12.1. The molecule has 1 aromatic carbocycles. The summed E-state index contributed by atoms with van der Waals surface area (Å²) in [5.41, 5.74) is 2.81. The number of hydrogen-bond acceptors (Lipinski definition) is 1. The average molecular weight is 293 g/mol. The highest BCUT2D eigenvalue weighted by atomic mass is 79.9. The molecule has 0 spiro atoms. The van der Waals surface area contributed by atoms with E-state index in [2.05, 4.69) is 59.3 Å². The Balaban J connectivity index is 2.32. The second kappa shape index (κ2) is 5.54. The van der Waals surface area contributed by atoms with E-state index in [0.29, 0.717) is 0 Å². The molecule has 0 aliphatic carbocycles. The van der Waals surface area contributed by atoms with E-state index in [1.165, 1.54) is 11.1 Å². The van der Waals surface area contributed by atoms with Crippen molar-refractivity contribution in [2.75, 3.05) is 5.33 Å². The third-order valence-corrected chi connectivity index (χ3v) is 4.51. The molecule has 0 N–H and O–H groups in total. The minimum atomic E-state index is 0.158. The molecule has 1 heterocycles. The Hall–Kier alpha value is -1.02. The zero-order valence-electron chi connectivity index (χ0n) is 10.0. The van der Waals surface area contributed by atoms with Crippen LogP contribution >= 0.6 is 15.9 Å². The van der Waals surface area contributed by atoms with E-state index < -0.39 is 0 Å². The SMILES string of the molecule is CCC(CBr)(Cc1ccoc1)c1ccccc1. The Kier molecular flexibility index (Phi) is 4.06. The molecule has 0 saturated carbocycles. The second-order valence-electron chi connectivity index (χ2n) is 4.44. The first-order valence-electron chi connectivity index (χ1n) is 5.93. The average Bonchev–Trinajstić information content (AvgIpc) is 2.90. The molecule has 0 saturated heterocycles. The summed E-state index contributed by atoms with van der Waals surface area (Å²) in [5.74, 6) is 0. The predicted molar refractivity (Wildman–Crippen MR) is 74.6 cm³/mol. The first-order chi connectivity index (χ1) is 8.30. The molecule has 1 atom stereocenters. The van der Waals surface area contributed by atoms with E-state index in [9.17, 15) is 0 Å². The van der Waals surface area contributed by atoms with Gasteiger partial charge in [0.25, 0.3) is 0 Å². The third kappa shape index (κ3) is 2.63. The maximum absolute atomic E-state index is 5.17. The molecular formula is C15H17BrO. The lowest BCUT2D eigenvalue weighted by Crippen LogP contribution is -2.29. The van der Waals surface area contributed by atoms with Gasteiger partial charge in [0.15, 0.2) is 0 Å². The van der Waals surface area contributed by atoms with Gasteiger partial charge in [-0.25, -0.2) is 0 Å². The monoisotopic (exact) mass is 292 g/mol. The molecule has 0 radical (unpaired) electrons. The number of alkyl halides is 1. The van der Waals surface area contributed by atoms with Crippen LogP contribution in [0.5, 0.6) is 0 Å². The summed E-state index contributed by atoms with van der Waals surface area (Å²) in [6.07, 6.45) is 5.70. The lowest BCUT2D eigenvalue weighted by molar-refractivity contribution is 0.460. The van der Waals surface area contributed by atoms with Crippen molar-refractivity contribution in [2.45, 2.75) is 25.2 Å². The van der Waals surface area contributed by atoms with Gasteiger partial charge in [0.1, 0.15) is 0 Å². The van der Waals surface area contributed by atoms with Crippen LogP contribution in [0.3, 0.4) is 0 Å². The van der Waals surface area contributed by atoms with E-state index in [4.69, 9.17) is 4.42 Å². The molecule has 90 valence electrons. The Morgan fingerprint density at radius 1 is 1.18 bits per heavy atom. The van der Waals surface area contributed by atoms with Gasteiger partial charge in [-0.1, -0.05) is 53.2 Å². The maximum atomic E-state index is 5.17. The number of benzene rings is 1. The van der Waals surface area contributed by atoms with E-state index in [0.717, 1.165) is 18.2 Å². The summed E-state index contributed by atoms with van der Waals surface area (Å²) in [5, 5.41) is 0.964. The summed E-state index contributed by atoms with van der Waals surface area (Å²) in [6.45, 7) is 2.24. The van der Waals surface area contributed by atoms with Crippen molar-refractivity contribution >= 4 is 15.9 Å². The molecule has 0 bridgehead atoms. The van der Waals surface area contributed by atoms with E-state index in [1.807, 2.05) is 6.26 Å². The van der Waals surface area contributed by atoms with Gasteiger partial charge in [-0.2, -0.15) is 0 Å². The number of rotatable bonds is 5. The van der Waals surface area contributed by atoms with E-state index >= 15 is 0 Å². The van der Waals surface area contributed by atoms with Gasteiger partial charge in [-0.15, -0.1) is 0 Å². The molecule has 2 aromatic rings. The van der Waals surface area contributed by atoms with Crippen LogP contribution in [0, 0.1) is 0 Å². The van der Waals surface area contributed by atoms with Crippen LogP contribution in [0.25, 0.3) is 0 Å². The molecule has 0 amide bonds. The fraction of sp³-hybridized carbons (Fsp3) is 0.333. The molecule has 17 heavy (non-hydrogen) atoms. The normalized spacial score (nSPS) is 14.5. The van der Waals surface area contributed by atoms with Crippen molar-refractivity contribution in [3.05, 3.63) is 60.1 Å². The summed E-state index contributed by atoms with van der Waals surface area (Å²) < 4.78 is 5.17. The fourth-order valence-corrected chi connectivity index (χ4v) is 3.14. The summed E-state index contributed by atoms with van der Waals surface area (Å²) in [7, 11) is 0. The smallest absolute Gasteiger partial charge is 0.0934 e. The van der Waals surface area contributed by atoms with Crippen molar-refractivity contribution in [3.8, 4) is 0 Å². The molecule has 1 unspecified atom stereocenters. The molecule has 1 nitrogen and oxygen atoms in total. The van der Waals surface area contributed by atoms with Crippen LogP contribution in [-0.4, -0.2) is 5.33 Å². The molecule has 0 aliphatic rings. The maximum Gasteiger partial charge on any atom is 0.0934 e. The molecule has 2 rings (SSSR count). The van der Waals surface area contributed by atoms with E-state index in [1.54, 1.807) is 6.26 Å². The van der Waals surface area contributed by atoms with Crippen LogP contribution in [-0.2, 0) is 11.8 Å². The highest BCUT2D eigenvalue weighted by Crippen LogP contribution is 2.34. The highest BCUT2D eigenvalue weighted by molar-refractivity contribution is 9.09. The zero-order valence-corrected chi connectivity index (χ0v) is 11.6. The van der Waals surface area contributed by atoms with Gasteiger partial charge in [0, 0.05) is 10.7 Å². The van der Waals surface area contributed by atoms with Crippen molar-refractivity contribution < 1.29 is 4.42 Å². The summed E-state index contributed by atoms with van der Waals surface area (Å²) in [6, 6.07) is 12.8. The van der Waals surface area contributed by atoms with Gasteiger partial charge in [0.2, 0.25) is 0 Å². The summed E-state index contributed by atoms with van der Waals surface area (Å²) in [4.78, 5) is 0. The van der Waals surface area contributed by atoms with Gasteiger partial charge >= 0.3 is 0 Å². The van der Waals surface area contributed by atoms with Crippen molar-refractivity contribution in [3.63, 3.8) is 0 Å². The topological polar surface area (TPSA) is 13.1 Å². The lowest BCUT2D eigenvalue weighted by Gasteiger charge is -2.31. The van der Waals surface area contributed by atoms with Gasteiger partial charge in [-0.3, -0.25) is 0 Å². The number of halogens is 1. The van der Waals surface area contributed by atoms with Gasteiger partial charge in [0.05, 0.1) is 12.5 Å². The largest absolute Gasteiger partial charge is 0.472 e. The molecule has 1 aromatic heterocycles. The van der Waals surface area contributed by atoms with E-state index in [-0.39, 0.29) is 5.41 Å². The minimum absolute atomic E-state index is 0.158. The molecule has 0 aliphatic heterocycles. The molecular weight excluding hydrogens is 276 g/mol. The second-order valence-corrected chi connectivity index (χ2v) is 5.00. The standard InChI is InChI=1S/C15H17BrO/c1-2-15(12-16,10-13-8-9-17-11-13)14-6-4-3-5-7-14/h3-9,11H,2,10,12H2,1H3. The number of hydrogen-bond donors (Lipinski definition) is 0. The van der Waals surface area contributed by atoms with Crippen LogP contribution in [0.2, 0.25) is 0 Å². The van der Waals surface area contributed by atoms with Crippen molar-refractivity contribution in [1.29, 1.82) is 0 Å². The van der Waals surface area contributed by atoms with Crippen LogP contribution < -0.4 is 0 Å². The third-order valence-electron chi connectivity index (χ3n) is 3.44. The Bertz CT molecular complexity index is 429. The van der Waals surface area contributed by atoms with Gasteiger partial charge in [-0.05, 0) is 30.0 Å². The number of furan rings is 1. The first-order valence-corrected chi connectivity index (χ1v) is 7.05. The summed E-state index contributed by atoms with van der Waals surface area (Å²) >= 11 is 3.69. The molecule has 2 heteroatoms. The molecule has 0 fully saturated rings. The quantitative estimate of drug-likeness (QED) is 0.736. The van der Waals surface area contributed by atoms with Crippen LogP contribution in [0.1, 0.15) is 24.5 Å². The minimum Gasteiger partial charge on any atom is -0.472 e. The Labute approximate surface area is 111 Å². The van der Waals surface area contributed by atoms with Crippen LogP contribution in [0.15, 0.2) is 53.3 Å². The van der Waals surface area contributed by atoms with Crippen molar-refractivity contribution in [2.24, 2.45) is 0 Å².